The topological polar surface area (TPSA) is 72.8 Å². The fraction of sp³-hybridized carbons (Fsp3) is 0.333. The minimum atomic E-state index is -0.718. The molecule has 1 aromatic rings. The molecule has 0 N–H and O–H groups in total. The predicted molar refractivity (Wildman–Crippen MR) is 73.3 cm³/mol. The Balaban J connectivity index is 2.09. The molecule has 1 saturated carbocycles. The number of aliphatic imine (C=N–C) groups is 1. The quantitative estimate of drug-likeness (QED) is 0.480. The molecule has 0 radical (unpaired) electrons. The van der Waals surface area contributed by atoms with E-state index in [-0.39, 0.29) is 11.6 Å². The van der Waals surface area contributed by atoms with Crippen LogP contribution in [0.25, 0.3) is 0 Å². The summed E-state index contributed by atoms with van der Waals surface area (Å²) in [5.41, 5.74) is 1.01. The van der Waals surface area contributed by atoms with Crippen LogP contribution < -0.4 is 0 Å². The summed E-state index contributed by atoms with van der Waals surface area (Å²) in [6.45, 7) is 0. The molecule has 0 amide bonds. The molecule has 1 aliphatic rings. The maximum absolute atomic E-state index is 11.6. The van der Waals surface area contributed by atoms with Gasteiger partial charge in [-0.2, -0.15) is 0 Å². The molecule has 0 heterocycles. The molecule has 0 aliphatic heterocycles. The van der Waals surface area contributed by atoms with Gasteiger partial charge in [-0.1, -0.05) is 0 Å². The molecule has 5 nitrogen and oxygen atoms in total. The van der Waals surface area contributed by atoms with Crippen molar-refractivity contribution >= 4 is 29.4 Å². The molecule has 0 bridgehead atoms. The van der Waals surface area contributed by atoms with Crippen molar-refractivity contribution in [2.75, 3.05) is 7.11 Å². The second kappa shape index (κ2) is 6.23. The highest BCUT2D eigenvalue weighted by Crippen LogP contribution is 2.18. The maximum Gasteiger partial charge on any atom is 0.337 e. The number of benzene rings is 1. The van der Waals surface area contributed by atoms with Gasteiger partial charge in [0.1, 0.15) is 17.5 Å². The van der Waals surface area contributed by atoms with Crippen LogP contribution in [0.5, 0.6) is 0 Å². The van der Waals surface area contributed by atoms with Crippen molar-refractivity contribution in [1.29, 1.82) is 0 Å². The summed E-state index contributed by atoms with van der Waals surface area (Å²) >= 11 is 0. The van der Waals surface area contributed by atoms with Crippen LogP contribution >= 0.6 is 0 Å². The molecular weight excluding hydrogens is 258 g/mol. The third kappa shape index (κ3) is 3.17. The van der Waals surface area contributed by atoms with E-state index in [4.69, 9.17) is 0 Å². The number of ketones is 2. The number of ether oxygens (including phenoxy) is 1. The molecule has 1 aromatic carbocycles. The van der Waals surface area contributed by atoms with Crippen LogP contribution in [0.3, 0.4) is 0 Å². The number of esters is 1. The molecule has 1 fully saturated rings. The summed E-state index contributed by atoms with van der Waals surface area (Å²) in [6.07, 6.45) is 2.90. The van der Waals surface area contributed by atoms with Crippen molar-refractivity contribution in [3.63, 3.8) is 0 Å². The van der Waals surface area contributed by atoms with Gasteiger partial charge in [0.15, 0.2) is 0 Å². The van der Waals surface area contributed by atoms with E-state index in [0.717, 1.165) is 0 Å². The largest absolute Gasteiger partial charge is 0.465 e. The second-order valence-corrected chi connectivity index (χ2v) is 4.58. The van der Waals surface area contributed by atoms with Crippen LogP contribution in [-0.2, 0) is 14.3 Å². The van der Waals surface area contributed by atoms with Gasteiger partial charge in [-0.3, -0.25) is 14.6 Å². The van der Waals surface area contributed by atoms with E-state index in [1.165, 1.54) is 13.3 Å². The molecular formula is C15H15NO4. The van der Waals surface area contributed by atoms with Gasteiger partial charge >= 0.3 is 5.97 Å². The lowest BCUT2D eigenvalue weighted by molar-refractivity contribution is -0.132. The third-order valence-electron chi connectivity index (χ3n) is 3.20. The minimum Gasteiger partial charge on any atom is -0.465 e. The zero-order valence-corrected chi connectivity index (χ0v) is 11.2. The standard InChI is InChI=1S/C15H15NO4/c1-20-15(19)10-5-7-11(8-6-10)16-9-12-13(17)3-2-4-14(12)18/h5-9,12H,2-4H2,1H3. The smallest absolute Gasteiger partial charge is 0.337 e. The van der Waals surface area contributed by atoms with Crippen molar-refractivity contribution in [2.45, 2.75) is 19.3 Å². The SMILES string of the molecule is COC(=O)c1ccc(N=CC2C(=O)CCCC2=O)cc1. The van der Waals surface area contributed by atoms with Crippen LogP contribution in [0.2, 0.25) is 0 Å². The monoisotopic (exact) mass is 273 g/mol. The van der Waals surface area contributed by atoms with Gasteiger partial charge in [-0.15, -0.1) is 0 Å². The first-order valence-electron chi connectivity index (χ1n) is 6.40. The van der Waals surface area contributed by atoms with Crippen LogP contribution in [-0.4, -0.2) is 30.9 Å². The van der Waals surface area contributed by atoms with Crippen LogP contribution in [0, 0.1) is 5.92 Å². The summed E-state index contributed by atoms with van der Waals surface area (Å²) in [5, 5.41) is 0. The lowest BCUT2D eigenvalue weighted by Gasteiger charge is -2.14. The molecule has 0 spiro atoms. The van der Waals surface area contributed by atoms with Crippen LogP contribution in [0.4, 0.5) is 5.69 Å². The molecule has 1 aliphatic carbocycles. The molecule has 20 heavy (non-hydrogen) atoms. The Morgan fingerprint density at radius 1 is 1.20 bits per heavy atom. The average Bonchev–Trinajstić information content (AvgIpc) is 2.46. The molecule has 0 atom stereocenters. The van der Waals surface area contributed by atoms with Crippen LogP contribution in [0.1, 0.15) is 29.6 Å². The zero-order valence-electron chi connectivity index (χ0n) is 11.2. The number of hydrogen-bond donors (Lipinski definition) is 0. The van der Waals surface area contributed by atoms with Gasteiger partial charge in [0, 0.05) is 19.1 Å². The predicted octanol–water partition coefficient (Wildman–Crippen LogP) is 2.11. The number of rotatable bonds is 3. The Labute approximate surface area is 116 Å². The first-order chi connectivity index (χ1) is 9.61. The summed E-state index contributed by atoms with van der Waals surface area (Å²) in [5.74, 6) is -1.28. The molecule has 104 valence electrons. The van der Waals surface area contributed by atoms with Gasteiger partial charge in [0.2, 0.25) is 0 Å². The Morgan fingerprint density at radius 3 is 2.35 bits per heavy atom. The number of Topliss-reactive ketones (excluding diaryl/α,β-unsaturated/α-hetero) is 2. The van der Waals surface area contributed by atoms with Gasteiger partial charge in [-0.25, -0.2) is 4.79 Å². The molecule has 0 saturated heterocycles. The van der Waals surface area contributed by atoms with E-state index in [1.54, 1.807) is 24.3 Å². The number of carbonyl (C=O) groups excluding carboxylic acids is 3. The van der Waals surface area contributed by atoms with Gasteiger partial charge in [0.05, 0.1) is 18.4 Å². The molecule has 2 rings (SSSR count). The fourth-order valence-corrected chi connectivity index (χ4v) is 2.06. The second-order valence-electron chi connectivity index (χ2n) is 4.58. The average molecular weight is 273 g/mol. The highest BCUT2D eigenvalue weighted by molar-refractivity contribution is 6.16. The lowest BCUT2D eigenvalue weighted by Crippen LogP contribution is -2.29. The molecule has 0 unspecified atom stereocenters. The van der Waals surface area contributed by atoms with Gasteiger partial charge in [0.25, 0.3) is 0 Å². The van der Waals surface area contributed by atoms with E-state index >= 15 is 0 Å². The summed E-state index contributed by atoms with van der Waals surface area (Å²) in [7, 11) is 1.31. The van der Waals surface area contributed by atoms with Crippen molar-refractivity contribution in [2.24, 2.45) is 10.9 Å². The number of methoxy groups -OCH3 is 1. The van der Waals surface area contributed by atoms with Crippen molar-refractivity contribution in [3.8, 4) is 0 Å². The highest BCUT2D eigenvalue weighted by Gasteiger charge is 2.28. The van der Waals surface area contributed by atoms with Gasteiger partial charge < -0.3 is 4.74 Å². The number of hydrogen-bond acceptors (Lipinski definition) is 5. The Kier molecular flexibility index (Phi) is 4.40. The Bertz CT molecular complexity index is 544. The Hall–Kier alpha value is -2.30. The van der Waals surface area contributed by atoms with E-state index in [9.17, 15) is 14.4 Å². The Morgan fingerprint density at radius 2 is 1.80 bits per heavy atom. The number of nitrogens with zero attached hydrogens (tertiary/aromatic N) is 1. The minimum absolute atomic E-state index is 0.0730. The maximum atomic E-state index is 11.6. The van der Waals surface area contributed by atoms with Gasteiger partial charge in [-0.05, 0) is 30.7 Å². The van der Waals surface area contributed by atoms with E-state index in [1.807, 2.05) is 0 Å². The third-order valence-corrected chi connectivity index (χ3v) is 3.20. The number of carbonyl (C=O) groups is 3. The van der Waals surface area contributed by atoms with Crippen molar-refractivity contribution in [1.82, 2.24) is 0 Å². The first-order valence-corrected chi connectivity index (χ1v) is 6.40. The van der Waals surface area contributed by atoms with Crippen LogP contribution in [0.15, 0.2) is 29.3 Å². The zero-order chi connectivity index (χ0) is 14.5. The highest BCUT2D eigenvalue weighted by atomic mass is 16.5. The van der Waals surface area contributed by atoms with E-state index < -0.39 is 11.9 Å². The van der Waals surface area contributed by atoms with E-state index in [2.05, 4.69) is 9.73 Å². The lowest BCUT2D eigenvalue weighted by atomic mass is 9.87. The fourth-order valence-electron chi connectivity index (χ4n) is 2.06. The molecule has 0 aromatic heterocycles. The van der Waals surface area contributed by atoms with E-state index in [0.29, 0.717) is 30.5 Å². The normalized spacial score (nSPS) is 16.6. The van der Waals surface area contributed by atoms with Crippen molar-refractivity contribution in [3.05, 3.63) is 29.8 Å². The first kappa shape index (κ1) is 14.1. The van der Waals surface area contributed by atoms with Crippen molar-refractivity contribution < 1.29 is 19.1 Å². The summed E-state index contributed by atoms with van der Waals surface area (Å²) in [6, 6.07) is 6.45. The summed E-state index contributed by atoms with van der Waals surface area (Å²) < 4.78 is 4.59. The molecule has 5 heteroatoms. The summed E-state index contributed by atoms with van der Waals surface area (Å²) in [4.78, 5) is 38.7.